The fraction of sp³-hybridized carbons (Fsp3) is 0.407. The van der Waals surface area contributed by atoms with Crippen LogP contribution in [0.5, 0.6) is 0 Å². The summed E-state index contributed by atoms with van der Waals surface area (Å²) in [5, 5.41) is 1.95. The van der Waals surface area contributed by atoms with Crippen molar-refractivity contribution in [1.29, 1.82) is 0 Å². The Balaban J connectivity index is 1.69. The third-order valence-corrected chi connectivity index (χ3v) is 6.36. The first-order valence-corrected chi connectivity index (χ1v) is 11.2. The van der Waals surface area contributed by atoms with E-state index in [9.17, 15) is 9.59 Å². The molecular weight excluding hydrogens is 418 g/mol. The van der Waals surface area contributed by atoms with E-state index in [4.69, 9.17) is 14.3 Å². The number of nitrogens with zero attached hydrogens (tertiary/aromatic N) is 1. The van der Waals surface area contributed by atoms with E-state index >= 15 is 0 Å². The standard InChI is InChI=1S/C27H31NO5/c1-26(2)16-20(17-27(3,4)28(26)31-5)32-24(29)22-21(18-12-8-6-9-13-18)23(33-25(22)30)19-14-10-7-11-15-19/h6-15,20,23H,16-17H2,1-5H3. The van der Waals surface area contributed by atoms with Gasteiger partial charge in [0.15, 0.2) is 11.7 Å². The molecule has 0 spiro atoms. The number of hydrogen-bond acceptors (Lipinski definition) is 6. The number of rotatable bonds is 5. The van der Waals surface area contributed by atoms with Gasteiger partial charge in [-0.05, 0) is 38.8 Å². The Hall–Kier alpha value is -2.96. The number of ether oxygens (including phenoxy) is 2. The second kappa shape index (κ2) is 8.76. The predicted molar refractivity (Wildman–Crippen MR) is 125 cm³/mol. The van der Waals surface area contributed by atoms with Crippen molar-refractivity contribution in [3.8, 4) is 0 Å². The molecule has 4 rings (SSSR count). The Bertz CT molecular complexity index is 1040. The molecule has 1 fully saturated rings. The van der Waals surface area contributed by atoms with Gasteiger partial charge in [0.1, 0.15) is 6.10 Å². The molecule has 2 aliphatic rings. The lowest BCUT2D eigenvalue weighted by Crippen LogP contribution is -2.61. The van der Waals surface area contributed by atoms with Crippen molar-refractivity contribution in [2.75, 3.05) is 7.11 Å². The zero-order valence-corrected chi connectivity index (χ0v) is 19.8. The Morgan fingerprint density at radius 1 is 0.939 bits per heavy atom. The summed E-state index contributed by atoms with van der Waals surface area (Å²) >= 11 is 0. The van der Waals surface area contributed by atoms with Gasteiger partial charge in [0, 0.05) is 29.5 Å². The van der Waals surface area contributed by atoms with Crippen LogP contribution in [0.3, 0.4) is 0 Å². The number of carbonyl (C=O) groups is 2. The molecular formula is C27H31NO5. The maximum absolute atomic E-state index is 13.4. The smallest absolute Gasteiger partial charge is 0.347 e. The molecule has 174 valence electrons. The van der Waals surface area contributed by atoms with Crippen LogP contribution in [0.2, 0.25) is 0 Å². The van der Waals surface area contributed by atoms with Crippen molar-refractivity contribution in [2.24, 2.45) is 0 Å². The molecule has 2 aromatic carbocycles. The van der Waals surface area contributed by atoms with Gasteiger partial charge in [0.25, 0.3) is 0 Å². The van der Waals surface area contributed by atoms with E-state index in [1.54, 1.807) is 7.11 Å². The van der Waals surface area contributed by atoms with Gasteiger partial charge in [-0.25, -0.2) is 9.59 Å². The molecule has 0 radical (unpaired) electrons. The van der Waals surface area contributed by atoms with E-state index < -0.39 is 18.0 Å². The molecule has 1 unspecified atom stereocenters. The number of hydroxylamine groups is 2. The Labute approximate surface area is 195 Å². The zero-order valence-electron chi connectivity index (χ0n) is 19.8. The zero-order chi connectivity index (χ0) is 23.8. The lowest BCUT2D eigenvalue weighted by Gasteiger charge is -2.52. The molecule has 6 heteroatoms. The van der Waals surface area contributed by atoms with Crippen molar-refractivity contribution in [3.05, 3.63) is 77.4 Å². The lowest BCUT2D eigenvalue weighted by atomic mass is 9.80. The van der Waals surface area contributed by atoms with Crippen LogP contribution < -0.4 is 0 Å². The Morgan fingerprint density at radius 2 is 1.48 bits per heavy atom. The summed E-state index contributed by atoms with van der Waals surface area (Å²) in [7, 11) is 1.66. The number of carbonyl (C=O) groups excluding carboxylic acids is 2. The molecule has 0 saturated carbocycles. The summed E-state index contributed by atoms with van der Waals surface area (Å²) in [6.45, 7) is 8.23. The average molecular weight is 450 g/mol. The summed E-state index contributed by atoms with van der Waals surface area (Å²) in [5.74, 6) is -1.29. The molecule has 0 amide bonds. The van der Waals surface area contributed by atoms with Gasteiger partial charge in [0.05, 0.1) is 7.11 Å². The molecule has 2 heterocycles. The first kappa shape index (κ1) is 23.2. The monoisotopic (exact) mass is 449 g/mol. The first-order valence-electron chi connectivity index (χ1n) is 11.2. The topological polar surface area (TPSA) is 65.1 Å². The highest BCUT2D eigenvalue weighted by molar-refractivity contribution is 6.22. The quantitative estimate of drug-likeness (QED) is 0.480. The fourth-order valence-electron chi connectivity index (χ4n) is 5.39. The molecule has 6 nitrogen and oxygen atoms in total. The summed E-state index contributed by atoms with van der Waals surface area (Å²) in [6.07, 6.45) is 0.149. The van der Waals surface area contributed by atoms with Crippen LogP contribution in [0, 0.1) is 0 Å². The van der Waals surface area contributed by atoms with E-state index in [1.165, 1.54) is 0 Å². The molecule has 0 bridgehead atoms. The molecule has 2 aromatic rings. The van der Waals surface area contributed by atoms with Crippen LogP contribution in [-0.2, 0) is 23.9 Å². The van der Waals surface area contributed by atoms with Gasteiger partial charge < -0.3 is 14.3 Å². The molecule has 33 heavy (non-hydrogen) atoms. The highest BCUT2D eigenvalue weighted by Gasteiger charge is 2.48. The van der Waals surface area contributed by atoms with E-state index in [0.29, 0.717) is 18.4 Å². The van der Waals surface area contributed by atoms with E-state index in [2.05, 4.69) is 27.7 Å². The van der Waals surface area contributed by atoms with Crippen molar-refractivity contribution in [2.45, 2.75) is 63.8 Å². The highest BCUT2D eigenvalue weighted by Crippen LogP contribution is 2.43. The van der Waals surface area contributed by atoms with Crippen LogP contribution in [0.1, 0.15) is 57.8 Å². The van der Waals surface area contributed by atoms with Gasteiger partial charge >= 0.3 is 11.9 Å². The Kier molecular flexibility index (Phi) is 6.16. The summed E-state index contributed by atoms with van der Waals surface area (Å²) < 4.78 is 11.7. The molecule has 2 aliphatic heterocycles. The lowest BCUT2D eigenvalue weighted by molar-refractivity contribution is -0.277. The minimum Gasteiger partial charge on any atom is -0.458 e. The maximum Gasteiger partial charge on any atom is 0.347 e. The number of hydrogen-bond donors (Lipinski definition) is 0. The highest BCUT2D eigenvalue weighted by atomic mass is 16.7. The second-order valence-corrected chi connectivity index (χ2v) is 9.89. The summed E-state index contributed by atoms with van der Waals surface area (Å²) in [5.41, 5.74) is 1.40. The average Bonchev–Trinajstić information content (AvgIpc) is 3.11. The first-order chi connectivity index (χ1) is 15.6. The molecule has 0 aromatic heterocycles. The summed E-state index contributed by atoms with van der Waals surface area (Å²) in [6, 6.07) is 18.9. The van der Waals surface area contributed by atoms with Crippen LogP contribution in [0.15, 0.2) is 66.2 Å². The number of piperidine rings is 1. The normalized spacial score (nSPS) is 22.8. The largest absolute Gasteiger partial charge is 0.458 e. The third-order valence-electron chi connectivity index (χ3n) is 6.36. The number of benzene rings is 2. The van der Waals surface area contributed by atoms with Crippen molar-refractivity contribution in [3.63, 3.8) is 0 Å². The fourth-order valence-corrected chi connectivity index (χ4v) is 5.39. The molecule has 1 saturated heterocycles. The van der Waals surface area contributed by atoms with Crippen molar-refractivity contribution in [1.82, 2.24) is 5.06 Å². The van der Waals surface area contributed by atoms with Crippen LogP contribution in [0.4, 0.5) is 0 Å². The predicted octanol–water partition coefficient (Wildman–Crippen LogP) is 4.86. The minimum atomic E-state index is -0.660. The van der Waals surface area contributed by atoms with E-state index in [-0.39, 0.29) is 22.8 Å². The van der Waals surface area contributed by atoms with Crippen molar-refractivity contribution >= 4 is 17.5 Å². The van der Waals surface area contributed by atoms with Gasteiger partial charge in [-0.2, -0.15) is 5.06 Å². The van der Waals surface area contributed by atoms with Gasteiger partial charge in [-0.3, -0.25) is 0 Å². The SMILES string of the molecule is CON1C(C)(C)CC(OC(=O)C2=C(c3ccccc3)C(c3ccccc3)OC2=O)CC1(C)C. The number of esters is 2. The van der Waals surface area contributed by atoms with Crippen molar-refractivity contribution < 1.29 is 23.9 Å². The second-order valence-electron chi connectivity index (χ2n) is 9.89. The van der Waals surface area contributed by atoms with Crippen LogP contribution >= 0.6 is 0 Å². The van der Waals surface area contributed by atoms with Gasteiger partial charge in [-0.15, -0.1) is 0 Å². The van der Waals surface area contributed by atoms with E-state index in [0.717, 1.165) is 11.1 Å². The maximum atomic E-state index is 13.4. The minimum absolute atomic E-state index is 0.0279. The molecule has 1 atom stereocenters. The van der Waals surface area contributed by atoms with Crippen LogP contribution in [0.25, 0.3) is 5.57 Å². The van der Waals surface area contributed by atoms with E-state index in [1.807, 2.05) is 65.7 Å². The summed E-state index contributed by atoms with van der Waals surface area (Å²) in [4.78, 5) is 32.0. The van der Waals surface area contributed by atoms with Gasteiger partial charge in [-0.1, -0.05) is 60.7 Å². The number of cyclic esters (lactones) is 1. The van der Waals surface area contributed by atoms with Gasteiger partial charge in [0.2, 0.25) is 0 Å². The van der Waals surface area contributed by atoms with Crippen LogP contribution in [-0.4, -0.2) is 41.3 Å². The molecule has 0 N–H and O–H groups in total. The molecule has 0 aliphatic carbocycles. The third kappa shape index (κ3) is 4.45. The Morgan fingerprint density at radius 3 is 2.03 bits per heavy atom.